The van der Waals surface area contributed by atoms with Crippen molar-refractivity contribution in [2.75, 3.05) is 5.32 Å². The number of aromatic nitrogens is 2. The van der Waals surface area contributed by atoms with Crippen LogP contribution in [0.15, 0.2) is 48.5 Å². The molecule has 0 aliphatic rings. The second-order valence-electron chi connectivity index (χ2n) is 4.78. The Labute approximate surface area is 121 Å². The van der Waals surface area contributed by atoms with E-state index in [4.69, 9.17) is 0 Å². The fourth-order valence-corrected chi connectivity index (χ4v) is 2.35. The van der Waals surface area contributed by atoms with Crippen LogP contribution in [0.2, 0.25) is 0 Å². The Morgan fingerprint density at radius 3 is 2.67 bits per heavy atom. The van der Waals surface area contributed by atoms with Gasteiger partial charge < -0.3 is 15.0 Å². The molecule has 1 heterocycles. The predicted octanol–water partition coefficient (Wildman–Crippen LogP) is 2.88. The first-order valence-corrected chi connectivity index (χ1v) is 6.63. The minimum Gasteiger partial charge on any atom is -0.478 e. The molecule has 0 atom stereocenters. The molecule has 0 unspecified atom stereocenters. The Kier molecular flexibility index (Phi) is 3.31. The van der Waals surface area contributed by atoms with Crippen molar-refractivity contribution in [3.8, 4) is 0 Å². The number of aryl methyl sites for hydroxylation is 1. The SMILES string of the molecule is Cn1c(CNc2ccccc2C(=O)O)nc2ccccc21. The largest absolute Gasteiger partial charge is 0.478 e. The maximum atomic E-state index is 11.2. The number of aromatic carboxylic acids is 1. The van der Waals surface area contributed by atoms with E-state index in [-0.39, 0.29) is 5.56 Å². The number of fused-ring (bicyclic) bond motifs is 1. The number of anilines is 1. The summed E-state index contributed by atoms with van der Waals surface area (Å²) in [5.74, 6) is -0.0838. The number of nitrogens with one attached hydrogen (secondary N) is 1. The lowest BCUT2D eigenvalue weighted by atomic mass is 10.2. The highest BCUT2D eigenvalue weighted by atomic mass is 16.4. The van der Waals surface area contributed by atoms with Crippen LogP contribution in [0.1, 0.15) is 16.2 Å². The molecule has 0 aliphatic heterocycles. The molecule has 5 heteroatoms. The molecule has 2 aromatic carbocycles. The monoisotopic (exact) mass is 281 g/mol. The molecule has 0 saturated carbocycles. The molecule has 0 amide bonds. The average Bonchev–Trinajstić information content (AvgIpc) is 2.82. The molecule has 1 aromatic heterocycles. The minimum atomic E-state index is -0.942. The second-order valence-corrected chi connectivity index (χ2v) is 4.78. The first kappa shape index (κ1) is 13.2. The summed E-state index contributed by atoms with van der Waals surface area (Å²) in [6.45, 7) is 0.468. The first-order valence-electron chi connectivity index (χ1n) is 6.63. The van der Waals surface area contributed by atoms with Crippen LogP contribution in [0.25, 0.3) is 11.0 Å². The Morgan fingerprint density at radius 1 is 1.19 bits per heavy atom. The average molecular weight is 281 g/mol. The molecule has 0 aliphatic carbocycles. The van der Waals surface area contributed by atoms with Gasteiger partial charge in [-0.1, -0.05) is 24.3 Å². The van der Waals surface area contributed by atoms with Crippen molar-refractivity contribution in [2.24, 2.45) is 7.05 Å². The van der Waals surface area contributed by atoms with Gasteiger partial charge in [0.1, 0.15) is 5.82 Å². The van der Waals surface area contributed by atoms with Crippen molar-refractivity contribution >= 4 is 22.7 Å². The molecule has 0 fully saturated rings. The van der Waals surface area contributed by atoms with Crippen molar-refractivity contribution in [3.63, 3.8) is 0 Å². The third-order valence-electron chi connectivity index (χ3n) is 3.47. The van der Waals surface area contributed by atoms with Gasteiger partial charge in [-0.2, -0.15) is 0 Å². The number of carboxylic acid groups (broad SMARTS) is 1. The lowest BCUT2D eigenvalue weighted by Gasteiger charge is -2.09. The second kappa shape index (κ2) is 5.28. The van der Waals surface area contributed by atoms with Crippen molar-refractivity contribution in [1.29, 1.82) is 0 Å². The molecule has 0 radical (unpaired) electrons. The van der Waals surface area contributed by atoms with E-state index in [1.807, 2.05) is 41.9 Å². The van der Waals surface area contributed by atoms with Gasteiger partial charge in [-0.05, 0) is 24.3 Å². The summed E-state index contributed by atoms with van der Waals surface area (Å²) in [5.41, 5.74) is 2.84. The fourth-order valence-electron chi connectivity index (χ4n) is 2.35. The maximum absolute atomic E-state index is 11.2. The van der Waals surface area contributed by atoms with Crippen molar-refractivity contribution in [3.05, 3.63) is 59.9 Å². The van der Waals surface area contributed by atoms with E-state index in [0.717, 1.165) is 16.9 Å². The molecular formula is C16H15N3O2. The van der Waals surface area contributed by atoms with Crippen LogP contribution < -0.4 is 5.32 Å². The Balaban J connectivity index is 1.87. The highest BCUT2D eigenvalue weighted by molar-refractivity contribution is 5.94. The van der Waals surface area contributed by atoms with Crippen LogP contribution >= 0.6 is 0 Å². The van der Waals surface area contributed by atoms with Gasteiger partial charge in [0.15, 0.2) is 0 Å². The van der Waals surface area contributed by atoms with Crippen LogP contribution in [0, 0.1) is 0 Å². The zero-order valence-corrected chi connectivity index (χ0v) is 11.6. The molecule has 0 saturated heterocycles. The molecule has 3 aromatic rings. The van der Waals surface area contributed by atoms with Gasteiger partial charge in [0.2, 0.25) is 0 Å². The molecule has 0 spiro atoms. The smallest absolute Gasteiger partial charge is 0.337 e. The Hall–Kier alpha value is -2.82. The van der Waals surface area contributed by atoms with Crippen LogP contribution in [0.4, 0.5) is 5.69 Å². The normalized spacial score (nSPS) is 10.7. The Morgan fingerprint density at radius 2 is 1.90 bits per heavy atom. The standard InChI is InChI=1S/C16H15N3O2/c1-19-14-9-5-4-8-13(14)18-15(19)10-17-12-7-3-2-6-11(12)16(20)21/h2-9,17H,10H2,1H3,(H,20,21). The fraction of sp³-hybridized carbons (Fsp3) is 0.125. The summed E-state index contributed by atoms with van der Waals surface area (Å²) in [7, 11) is 1.95. The number of carbonyl (C=O) groups is 1. The van der Waals surface area contributed by atoms with Gasteiger partial charge in [0.05, 0.1) is 23.1 Å². The summed E-state index contributed by atoms with van der Waals surface area (Å²) >= 11 is 0. The first-order chi connectivity index (χ1) is 10.2. The lowest BCUT2D eigenvalue weighted by Crippen LogP contribution is -2.09. The van der Waals surface area contributed by atoms with Gasteiger partial charge in [-0.25, -0.2) is 9.78 Å². The summed E-state index contributed by atoms with van der Waals surface area (Å²) in [4.78, 5) is 15.7. The van der Waals surface area contributed by atoms with E-state index in [2.05, 4.69) is 10.3 Å². The quantitative estimate of drug-likeness (QED) is 0.771. The third-order valence-corrected chi connectivity index (χ3v) is 3.47. The number of nitrogens with zero attached hydrogens (tertiary/aromatic N) is 2. The van der Waals surface area contributed by atoms with Crippen molar-refractivity contribution < 1.29 is 9.90 Å². The van der Waals surface area contributed by atoms with E-state index in [9.17, 15) is 9.90 Å². The number of rotatable bonds is 4. The van der Waals surface area contributed by atoms with Crippen LogP contribution in [-0.2, 0) is 13.6 Å². The number of para-hydroxylation sites is 3. The molecule has 3 rings (SSSR count). The summed E-state index contributed by atoms with van der Waals surface area (Å²) in [6.07, 6.45) is 0. The van der Waals surface area contributed by atoms with Crippen LogP contribution in [0.3, 0.4) is 0 Å². The molecule has 106 valence electrons. The van der Waals surface area contributed by atoms with Gasteiger partial charge in [-0.3, -0.25) is 0 Å². The van der Waals surface area contributed by atoms with E-state index in [1.54, 1.807) is 18.2 Å². The predicted molar refractivity (Wildman–Crippen MR) is 81.4 cm³/mol. The molecule has 0 bridgehead atoms. The van der Waals surface area contributed by atoms with Gasteiger partial charge in [0.25, 0.3) is 0 Å². The summed E-state index contributed by atoms with van der Waals surface area (Å²) in [6, 6.07) is 14.8. The Bertz CT molecular complexity index is 808. The van der Waals surface area contributed by atoms with E-state index in [1.165, 1.54) is 0 Å². The van der Waals surface area contributed by atoms with Gasteiger partial charge in [-0.15, -0.1) is 0 Å². The number of imidazole rings is 1. The van der Waals surface area contributed by atoms with Gasteiger partial charge in [0, 0.05) is 12.7 Å². The topological polar surface area (TPSA) is 67.2 Å². The van der Waals surface area contributed by atoms with Crippen LogP contribution in [0.5, 0.6) is 0 Å². The van der Waals surface area contributed by atoms with Gasteiger partial charge >= 0.3 is 5.97 Å². The highest BCUT2D eigenvalue weighted by Crippen LogP contribution is 2.18. The van der Waals surface area contributed by atoms with E-state index >= 15 is 0 Å². The van der Waals surface area contributed by atoms with Crippen molar-refractivity contribution in [1.82, 2.24) is 9.55 Å². The number of hydrogen-bond acceptors (Lipinski definition) is 3. The number of benzene rings is 2. The van der Waals surface area contributed by atoms with E-state index < -0.39 is 5.97 Å². The zero-order valence-electron chi connectivity index (χ0n) is 11.6. The third kappa shape index (κ3) is 2.45. The van der Waals surface area contributed by atoms with Crippen molar-refractivity contribution in [2.45, 2.75) is 6.54 Å². The molecule has 5 nitrogen and oxygen atoms in total. The maximum Gasteiger partial charge on any atom is 0.337 e. The lowest BCUT2D eigenvalue weighted by molar-refractivity contribution is 0.0698. The van der Waals surface area contributed by atoms with Crippen LogP contribution in [-0.4, -0.2) is 20.6 Å². The number of carboxylic acids is 1. The molecule has 21 heavy (non-hydrogen) atoms. The minimum absolute atomic E-state index is 0.260. The van der Waals surface area contributed by atoms with E-state index in [0.29, 0.717) is 12.2 Å². The molecular weight excluding hydrogens is 266 g/mol. The summed E-state index contributed by atoms with van der Waals surface area (Å²) < 4.78 is 2.01. The zero-order chi connectivity index (χ0) is 14.8. The highest BCUT2D eigenvalue weighted by Gasteiger charge is 2.11. The number of hydrogen-bond donors (Lipinski definition) is 2. The molecule has 2 N–H and O–H groups in total. The summed E-state index contributed by atoms with van der Waals surface area (Å²) in [5, 5.41) is 12.3.